The Balaban J connectivity index is 2.10. The van der Waals surface area contributed by atoms with Crippen molar-refractivity contribution < 1.29 is 14.7 Å². The van der Waals surface area contributed by atoms with Gasteiger partial charge in [0.15, 0.2) is 0 Å². The maximum atomic E-state index is 11.5. The maximum absolute atomic E-state index is 11.5. The number of rotatable bonds is 9. The van der Waals surface area contributed by atoms with Crippen molar-refractivity contribution in [1.82, 2.24) is 16.0 Å². The van der Waals surface area contributed by atoms with E-state index in [2.05, 4.69) is 16.0 Å². The lowest BCUT2D eigenvalue weighted by molar-refractivity contribution is -0.139. The molecule has 2 amide bonds. The van der Waals surface area contributed by atoms with Crippen LogP contribution < -0.4 is 16.0 Å². The smallest absolute Gasteiger partial charge is 0.326 e. The molecule has 4 N–H and O–H groups in total. The van der Waals surface area contributed by atoms with Crippen molar-refractivity contribution in [3.05, 3.63) is 0 Å². The van der Waals surface area contributed by atoms with Crippen molar-refractivity contribution in [3.8, 4) is 0 Å². The fourth-order valence-corrected chi connectivity index (χ4v) is 1.79. The first-order valence-corrected chi connectivity index (χ1v) is 6.99. The van der Waals surface area contributed by atoms with Crippen LogP contribution in [-0.4, -0.2) is 42.3 Å². The number of amides is 2. The molecule has 6 heteroatoms. The summed E-state index contributed by atoms with van der Waals surface area (Å²) < 4.78 is 0. The van der Waals surface area contributed by atoms with Crippen molar-refractivity contribution in [2.24, 2.45) is 5.92 Å². The SMILES string of the molecule is CC(C)C[C@H](NC(=O)NCCCNC1CC1)C(=O)O. The zero-order chi connectivity index (χ0) is 14.3. The van der Waals surface area contributed by atoms with Gasteiger partial charge in [-0.25, -0.2) is 9.59 Å². The summed E-state index contributed by atoms with van der Waals surface area (Å²) in [5.74, 6) is -0.761. The van der Waals surface area contributed by atoms with Gasteiger partial charge in [-0.3, -0.25) is 0 Å². The number of nitrogens with one attached hydrogen (secondary N) is 3. The van der Waals surface area contributed by atoms with Gasteiger partial charge in [-0.05, 0) is 38.1 Å². The summed E-state index contributed by atoms with van der Waals surface area (Å²) in [5, 5.41) is 17.5. The fraction of sp³-hybridized carbons (Fsp3) is 0.846. The lowest BCUT2D eigenvalue weighted by Crippen LogP contribution is -2.47. The molecule has 19 heavy (non-hydrogen) atoms. The second-order valence-electron chi connectivity index (χ2n) is 5.50. The first kappa shape index (κ1) is 15.8. The Kier molecular flexibility index (Phi) is 6.62. The molecule has 0 saturated heterocycles. The minimum atomic E-state index is -0.987. The quantitative estimate of drug-likeness (QED) is 0.470. The van der Waals surface area contributed by atoms with Gasteiger partial charge >= 0.3 is 12.0 Å². The summed E-state index contributed by atoms with van der Waals surface area (Å²) in [5.41, 5.74) is 0. The van der Waals surface area contributed by atoms with E-state index in [1.165, 1.54) is 12.8 Å². The molecule has 1 atom stereocenters. The zero-order valence-electron chi connectivity index (χ0n) is 11.7. The Bertz CT molecular complexity index is 304. The number of urea groups is 1. The molecule has 110 valence electrons. The van der Waals surface area contributed by atoms with E-state index in [0.29, 0.717) is 19.0 Å². The average molecular weight is 271 g/mol. The van der Waals surface area contributed by atoms with E-state index in [9.17, 15) is 9.59 Å². The molecule has 0 aromatic rings. The lowest BCUT2D eigenvalue weighted by Gasteiger charge is -2.16. The fourth-order valence-electron chi connectivity index (χ4n) is 1.79. The van der Waals surface area contributed by atoms with Crippen LogP contribution in [0.25, 0.3) is 0 Å². The van der Waals surface area contributed by atoms with Gasteiger partial charge in [-0.1, -0.05) is 13.8 Å². The van der Waals surface area contributed by atoms with Crippen molar-refractivity contribution >= 4 is 12.0 Å². The molecule has 1 aliphatic carbocycles. The van der Waals surface area contributed by atoms with Gasteiger partial charge in [0.1, 0.15) is 6.04 Å². The second-order valence-corrected chi connectivity index (χ2v) is 5.50. The molecule has 0 bridgehead atoms. The maximum Gasteiger partial charge on any atom is 0.326 e. The third-order valence-electron chi connectivity index (χ3n) is 2.96. The van der Waals surface area contributed by atoms with Gasteiger partial charge in [-0.2, -0.15) is 0 Å². The Morgan fingerprint density at radius 3 is 2.47 bits per heavy atom. The molecule has 0 aromatic heterocycles. The van der Waals surface area contributed by atoms with E-state index in [0.717, 1.165) is 13.0 Å². The monoisotopic (exact) mass is 271 g/mol. The van der Waals surface area contributed by atoms with Crippen LogP contribution in [0.5, 0.6) is 0 Å². The van der Waals surface area contributed by atoms with Crippen molar-refractivity contribution in [2.45, 2.75) is 51.6 Å². The lowest BCUT2D eigenvalue weighted by atomic mass is 10.0. The van der Waals surface area contributed by atoms with Gasteiger partial charge in [0.25, 0.3) is 0 Å². The molecular formula is C13H25N3O3. The largest absolute Gasteiger partial charge is 0.480 e. The van der Waals surface area contributed by atoms with Crippen molar-refractivity contribution in [2.75, 3.05) is 13.1 Å². The Morgan fingerprint density at radius 2 is 1.95 bits per heavy atom. The summed E-state index contributed by atoms with van der Waals surface area (Å²) in [7, 11) is 0. The number of aliphatic carboxylic acids is 1. The molecule has 0 spiro atoms. The van der Waals surface area contributed by atoms with E-state index < -0.39 is 18.0 Å². The van der Waals surface area contributed by atoms with Gasteiger partial charge in [0.2, 0.25) is 0 Å². The Morgan fingerprint density at radius 1 is 1.26 bits per heavy atom. The van der Waals surface area contributed by atoms with Crippen LogP contribution in [0.15, 0.2) is 0 Å². The molecule has 0 unspecified atom stereocenters. The molecule has 0 radical (unpaired) electrons. The van der Waals surface area contributed by atoms with Crippen LogP contribution in [0, 0.1) is 5.92 Å². The molecule has 0 heterocycles. The van der Waals surface area contributed by atoms with Crippen molar-refractivity contribution in [3.63, 3.8) is 0 Å². The number of carbonyl (C=O) groups is 2. The van der Waals surface area contributed by atoms with Gasteiger partial charge in [0.05, 0.1) is 0 Å². The first-order chi connectivity index (χ1) is 8.99. The zero-order valence-corrected chi connectivity index (χ0v) is 11.7. The van der Waals surface area contributed by atoms with Gasteiger partial charge in [0, 0.05) is 12.6 Å². The van der Waals surface area contributed by atoms with Crippen molar-refractivity contribution in [1.29, 1.82) is 0 Å². The van der Waals surface area contributed by atoms with E-state index >= 15 is 0 Å². The van der Waals surface area contributed by atoms with Gasteiger partial charge in [-0.15, -0.1) is 0 Å². The third-order valence-corrected chi connectivity index (χ3v) is 2.96. The van der Waals surface area contributed by atoms with E-state index in [1.807, 2.05) is 13.8 Å². The molecular weight excluding hydrogens is 246 g/mol. The minimum absolute atomic E-state index is 0.226. The van der Waals surface area contributed by atoms with Crippen LogP contribution in [0.1, 0.15) is 39.5 Å². The number of carboxylic acid groups (broad SMARTS) is 1. The number of hydrogen-bond donors (Lipinski definition) is 4. The second kappa shape index (κ2) is 7.99. The minimum Gasteiger partial charge on any atom is -0.480 e. The summed E-state index contributed by atoms with van der Waals surface area (Å²) in [6.45, 7) is 5.30. The number of carbonyl (C=O) groups excluding carboxylic acids is 1. The predicted molar refractivity (Wildman–Crippen MR) is 73.1 cm³/mol. The topological polar surface area (TPSA) is 90.5 Å². The summed E-state index contributed by atoms with van der Waals surface area (Å²) in [4.78, 5) is 22.5. The highest BCUT2D eigenvalue weighted by Gasteiger charge is 2.21. The molecule has 6 nitrogen and oxygen atoms in total. The highest BCUT2D eigenvalue weighted by Crippen LogP contribution is 2.18. The number of carboxylic acids is 1. The normalized spacial score (nSPS) is 16.2. The van der Waals surface area contributed by atoms with Crippen LogP contribution in [0.2, 0.25) is 0 Å². The summed E-state index contributed by atoms with van der Waals surface area (Å²) in [6, 6.07) is -0.541. The molecule has 1 saturated carbocycles. The van der Waals surface area contributed by atoms with Crippen LogP contribution >= 0.6 is 0 Å². The highest BCUT2D eigenvalue weighted by molar-refractivity contribution is 5.82. The number of hydrogen-bond acceptors (Lipinski definition) is 3. The van der Waals surface area contributed by atoms with Crippen LogP contribution in [0.3, 0.4) is 0 Å². The average Bonchev–Trinajstić information content (AvgIpc) is 3.11. The standard InChI is InChI=1S/C13H25N3O3/c1-9(2)8-11(12(17)18)16-13(19)15-7-3-6-14-10-4-5-10/h9-11,14H,3-8H2,1-2H3,(H,17,18)(H2,15,16,19)/t11-/m0/s1. The van der Waals surface area contributed by atoms with Crippen LogP contribution in [0.4, 0.5) is 4.79 Å². The predicted octanol–water partition coefficient (Wildman–Crippen LogP) is 0.927. The molecule has 1 rings (SSSR count). The molecule has 0 aliphatic heterocycles. The van der Waals surface area contributed by atoms with E-state index in [1.54, 1.807) is 0 Å². The first-order valence-electron chi connectivity index (χ1n) is 6.99. The Labute approximate surface area is 114 Å². The summed E-state index contributed by atoms with van der Waals surface area (Å²) >= 11 is 0. The highest BCUT2D eigenvalue weighted by atomic mass is 16.4. The van der Waals surface area contributed by atoms with E-state index in [-0.39, 0.29) is 5.92 Å². The third kappa shape index (κ3) is 7.66. The van der Waals surface area contributed by atoms with E-state index in [4.69, 9.17) is 5.11 Å². The molecule has 1 fully saturated rings. The van der Waals surface area contributed by atoms with Gasteiger partial charge < -0.3 is 21.1 Å². The van der Waals surface area contributed by atoms with Crippen LogP contribution in [-0.2, 0) is 4.79 Å². The summed E-state index contributed by atoms with van der Waals surface area (Å²) in [6.07, 6.45) is 3.80. The molecule has 0 aromatic carbocycles. The Hall–Kier alpha value is -1.30. The molecule has 1 aliphatic rings.